The van der Waals surface area contributed by atoms with Gasteiger partial charge in [-0.2, -0.15) is 0 Å². The molecule has 0 radical (unpaired) electrons. The number of hydrogen-bond donors (Lipinski definition) is 0. The molecule has 0 saturated heterocycles. The van der Waals surface area contributed by atoms with Gasteiger partial charge in [-0.05, 0) is 26.9 Å². The molecule has 0 amide bonds. The van der Waals surface area contributed by atoms with Crippen LogP contribution in [-0.4, -0.2) is 49.6 Å². The second kappa shape index (κ2) is 12.0. The first-order chi connectivity index (χ1) is 14.4. The molecule has 0 aliphatic carbocycles. The molecule has 1 unspecified atom stereocenters. The predicted octanol–water partition coefficient (Wildman–Crippen LogP) is 4.98. The van der Waals surface area contributed by atoms with Crippen LogP contribution in [0.25, 0.3) is 0 Å². The molecule has 5 nitrogen and oxygen atoms in total. The van der Waals surface area contributed by atoms with E-state index in [-0.39, 0.29) is 19.4 Å². The standard InChI is InChI=1S/C23H35NO4P2/c1-5-24(6-2)19-23(30(26,27-7-3)28-8-4)20-29(25,21-15-11-9-12-16-21)22-17-13-10-14-18-22/h9-18,23H,5-8,19-20H2,1-4H3. The summed E-state index contributed by atoms with van der Waals surface area (Å²) in [6.45, 7) is 10.5. The number of benzene rings is 2. The van der Waals surface area contributed by atoms with Crippen molar-refractivity contribution in [1.29, 1.82) is 0 Å². The summed E-state index contributed by atoms with van der Waals surface area (Å²) in [7, 11) is -6.52. The van der Waals surface area contributed by atoms with Crippen LogP contribution in [0.15, 0.2) is 60.7 Å². The van der Waals surface area contributed by atoms with E-state index in [1.807, 2.05) is 74.5 Å². The van der Waals surface area contributed by atoms with Gasteiger partial charge in [0.25, 0.3) is 0 Å². The van der Waals surface area contributed by atoms with Crippen molar-refractivity contribution >= 4 is 25.3 Å². The van der Waals surface area contributed by atoms with Gasteiger partial charge in [0, 0.05) is 23.3 Å². The van der Waals surface area contributed by atoms with Crippen molar-refractivity contribution in [3.8, 4) is 0 Å². The normalized spacial score (nSPS) is 13.5. The Bertz CT molecular complexity index is 787. The molecule has 0 bridgehead atoms. The van der Waals surface area contributed by atoms with E-state index >= 15 is 0 Å². The zero-order chi connectivity index (χ0) is 22.0. The van der Waals surface area contributed by atoms with Crippen molar-refractivity contribution in [1.82, 2.24) is 4.90 Å². The fraction of sp³-hybridized carbons (Fsp3) is 0.478. The topological polar surface area (TPSA) is 55.8 Å². The zero-order valence-electron chi connectivity index (χ0n) is 18.6. The maximum absolute atomic E-state index is 14.6. The van der Waals surface area contributed by atoms with Crippen molar-refractivity contribution in [2.45, 2.75) is 33.4 Å². The van der Waals surface area contributed by atoms with Gasteiger partial charge in [0.1, 0.15) is 7.14 Å². The minimum absolute atomic E-state index is 0.231. The van der Waals surface area contributed by atoms with Crippen molar-refractivity contribution in [3.63, 3.8) is 0 Å². The predicted molar refractivity (Wildman–Crippen MR) is 127 cm³/mol. The minimum atomic E-state index is -3.46. The van der Waals surface area contributed by atoms with E-state index in [0.29, 0.717) is 6.54 Å². The van der Waals surface area contributed by atoms with E-state index in [1.165, 1.54) is 0 Å². The van der Waals surface area contributed by atoms with Crippen LogP contribution in [0.2, 0.25) is 0 Å². The summed E-state index contributed by atoms with van der Waals surface area (Å²) >= 11 is 0. The molecular formula is C23H35NO4P2. The average Bonchev–Trinajstić information content (AvgIpc) is 2.78. The third-order valence-corrected chi connectivity index (χ3v) is 11.2. The second-order valence-electron chi connectivity index (χ2n) is 7.11. The molecule has 30 heavy (non-hydrogen) atoms. The molecule has 0 spiro atoms. The van der Waals surface area contributed by atoms with Crippen LogP contribution in [0.3, 0.4) is 0 Å². The molecule has 166 valence electrons. The third-order valence-electron chi connectivity index (χ3n) is 5.24. The quantitative estimate of drug-likeness (QED) is 0.402. The maximum atomic E-state index is 14.6. The summed E-state index contributed by atoms with van der Waals surface area (Å²) in [6, 6.07) is 19.0. The SMILES string of the molecule is CCOP(=O)(OCC)C(CN(CC)CC)CP(=O)(c1ccccc1)c1ccccc1. The molecule has 0 aliphatic heterocycles. The van der Waals surface area contributed by atoms with E-state index in [1.54, 1.807) is 0 Å². The van der Waals surface area contributed by atoms with E-state index < -0.39 is 20.4 Å². The Morgan fingerprint density at radius 2 is 1.20 bits per heavy atom. The zero-order valence-corrected chi connectivity index (χ0v) is 20.4. The van der Waals surface area contributed by atoms with Gasteiger partial charge in [-0.25, -0.2) is 0 Å². The van der Waals surface area contributed by atoms with Crippen LogP contribution in [-0.2, 0) is 18.2 Å². The number of rotatable bonds is 13. The van der Waals surface area contributed by atoms with Gasteiger partial charge in [0.05, 0.1) is 18.9 Å². The van der Waals surface area contributed by atoms with E-state index in [4.69, 9.17) is 9.05 Å². The molecular weight excluding hydrogens is 416 g/mol. The average molecular weight is 451 g/mol. The molecule has 0 aliphatic rings. The fourth-order valence-corrected chi connectivity index (χ4v) is 9.51. The Balaban J connectivity index is 2.57. The molecule has 0 heterocycles. The first-order valence-corrected chi connectivity index (χ1v) is 14.2. The van der Waals surface area contributed by atoms with Crippen molar-refractivity contribution in [2.75, 3.05) is 39.0 Å². The second-order valence-corrected chi connectivity index (χ2v) is 12.3. The van der Waals surface area contributed by atoms with E-state index in [0.717, 1.165) is 23.7 Å². The van der Waals surface area contributed by atoms with Crippen LogP contribution in [0.5, 0.6) is 0 Å². The lowest BCUT2D eigenvalue weighted by Gasteiger charge is -2.33. The highest BCUT2D eigenvalue weighted by Gasteiger charge is 2.42. The first kappa shape index (κ1) is 25.0. The summed E-state index contributed by atoms with van der Waals surface area (Å²) in [6.07, 6.45) is 0.231. The first-order valence-electron chi connectivity index (χ1n) is 10.7. The van der Waals surface area contributed by atoms with Crippen LogP contribution < -0.4 is 10.6 Å². The Labute approximate surface area is 181 Å². The molecule has 7 heteroatoms. The minimum Gasteiger partial charge on any atom is -0.314 e. The van der Waals surface area contributed by atoms with Gasteiger partial charge in [-0.1, -0.05) is 74.5 Å². The lowest BCUT2D eigenvalue weighted by atomic mass is 10.4. The number of hydrogen-bond acceptors (Lipinski definition) is 5. The van der Waals surface area contributed by atoms with Gasteiger partial charge in [-0.3, -0.25) is 4.57 Å². The van der Waals surface area contributed by atoms with Crippen LogP contribution >= 0.6 is 14.7 Å². The summed E-state index contributed by atoms with van der Waals surface area (Å²) < 4.78 is 39.9. The van der Waals surface area contributed by atoms with E-state index in [2.05, 4.69) is 18.7 Å². The highest BCUT2D eigenvalue weighted by Crippen LogP contribution is 2.58. The maximum Gasteiger partial charge on any atom is 0.335 e. The van der Waals surface area contributed by atoms with Gasteiger partial charge in [0.2, 0.25) is 0 Å². The molecule has 0 aromatic heterocycles. The summed E-state index contributed by atoms with van der Waals surface area (Å²) in [5.74, 6) is 0. The van der Waals surface area contributed by atoms with Gasteiger partial charge < -0.3 is 18.5 Å². The highest BCUT2D eigenvalue weighted by atomic mass is 31.2. The molecule has 0 N–H and O–H groups in total. The van der Waals surface area contributed by atoms with E-state index in [9.17, 15) is 9.13 Å². The third kappa shape index (κ3) is 6.15. The fourth-order valence-electron chi connectivity index (χ4n) is 3.64. The van der Waals surface area contributed by atoms with Gasteiger partial charge in [-0.15, -0.1) is 0 Å². The Hall–Kier alpha value is -1.22. The van der Waals surface area contributed by atoms with Crippen LogP contribution in [0.1, 0.15) is 27.7 Å². The van der Waals surface area contributed by atoms with Crippen molar-refractivity contribution in [2.24, 2.45) is 0 Å². The molecule has 0 fully saturated rings. The van der Waals surface area contributed by atoms with Crippen molar-refractivity contribution < 1.29 is 18.2 Å². The highest BCUT2D eigenvalue weighted by molar-refractivity contribution is 7.79. The molecule has 2 rings (SSSR count). The lowest BCUT2D eigenvalue weighted by Crippen LogP contribution is -2.37. The van der Waals surface area contributed by atoms with Gasteiger partial charge >= 0.3 is 7.60 Å². The largest absolute Gasteiger partial charge is 0.335 e. The monoisotopic (exact) mass is 451 g/mol. The smallest absolute Gasteiger partial charge is 0.314 e. The molecule has 2 aromatic rings. The Kier molecular flexibility index (Phi) is 10.0. The molecule has 1 atom stereocenters. The summed E-state index contributed by atoms with van der Waals surface area (Å²) in [5, 5.41) is 1.53. The molecule has 2 aromatic carbocycles. The van der Waals surface area contributed by atoms with Crippen molar-refractivity contribution in [3.05, 3.63) is 60.7 Å². The summed E-state index contributed by atoms with van der Waals surface area (Å²) in [5.41, 5.74) is -0.497. The Morgan fingerprint density at radius 3 is 1.57 bits per heavy atom. The number of nitrogens with zero attached hydrogens (tertiary/aromatic N) is 1. The van der Waals surface area contributed by atoms with Crippen LogP contribution in [0, 0.1) is 0 Å². The van der Waals surface area contributed by atoms with Gasteiger partial charge in [0.15, 0.2) is 0 Å². The summed E-state index contributed by atoms with van der Waals surface area (Å²) in [4.78, 5) is 2.19. The Morgan fingerprint density at radius 1 is 0.767 bits per heavy atom. The molecule has 0 saturated carbocycles. The lowest BCUT2D eigenvalue weighted by molar-refractivity contribution is 0.203. The van der Waals surface area contributed by atoms with Crippen LogP contribution in [0.4, 0.5) is 0 Å².